The lowest BCUT2D eigenvalue weighted by Crippen LogP contribution is -1.95. The van der Waals surface area contributed by atoms with Crippen molar-refractivity contribution in [3.63, 3.8) is 0 Å². The van der Waals surface area contributed by atoms with Crippen molar-refractivity contribution >= 4 is 31.5 Å². The van der Waals surface area contributed by atoms with Gasteiger partial charge in [0.25, 0.3) is 0 Å². The first-order valence-corrected chi connectivity index (χ1v) is 20.7. The molecule has 2 heteroatoms. The fraction of sp³-hybridized carbons (Fsp3) is 0.148. The van der Waals surface area contributed by atoms with Crippen LogP contribution in [0.25, 0.3) is 53.6 Å². The smallest absolute Gasteiger partial charge is 0.0433 e. The molecule has 2 N–H and O–H groups in total. The molecule has 0 atom stereocenters. The monoisotopic (exact) mass is 747 g/mol. The quantitative estimate of drug-likeness (QED) is 0.180. The van der Waals surface area contributed by atoms with Crippen LogP contribution in [0.5, 0.6) is 0 Å². The molecular weight excluding hydrogens is 695 g/mol. The molecule has 1 nitrogen and oxygen atoms in total. The van der Waals surface area contributed by atoms with Crippen LogP contribution in [0.4, 0.5) is 0 Å². The summed E-state index contributed by atoms with van der Waals surface area (Å²) in [6.07, 6.45) is 9.96. The number of fused-ring (bicyclic) bond motifs is 3. The molecule has 8 aromatic rings. The molecule has 0 aliphatic heterocycles. The zero-order chi connectivity index (χ0) is 39.1. The van der Waals surface area contributed by atoms with E-state index in [2.05, 4.69) is 172 Å². The van der Waals surface area contributed by atoms with Gasteiger partial charge in [-0.2, -0.15) is 0 Å². The Morgan fingerprint density at radius 3 is 1.80 bits per heavy atom. The fourth-order valence-electron chi connectivity index (χ4n) is 7.06. The molecule has 0 fully saturated rings. The average molecular weight is 748 g/mol. The van der Waals surface area contributed by atoms with Gasteiger partial charge in [0.05, 0.1) is 0 Å². The highest BCUT2D eigenvalue weighted by molar-refractivity contribution is 7.26. The minimum atomic E-state index is 0.598. The van der Waals surface area contributed by atoms with Crippen molar-refractivity contribution in [3.8, 4) is 33.4 Å². The van der Waals surface area contributed by atoms with E-state index < -0.39 is 0 Å². The maximum atomic E-state index is 5.60. The normalized spacial score (nSPS) is 11.7. The van der Waals surface area contributed by atoms with Crippen LogP contribution in [-0.4, -0.2) is 0 Å². The van der Waals surface area contributed by atoms with E-state index >= 15 is 0 Å². The molecule has 9 rings (SSSR count). The summed E-state index contributed by atoms with van der Waals surface area (Å²) in [6, 6.07) is 60.5. The molecule has 0 bridgehead atoms. The van der Waals surface area contributed by atoms with Crippen LogP contribution in [0.3, 0.4) is 0 Å². The molecule has 0 unspecified atom stereocenters. The molecule has 0 saturated carbocycles. The first-order chi connectivity index (χ1) is 27.6. The molecule has 0 radical (unpaired) electrons. The van der Waals surface area contributed by atoms with Crippen LogP contribution in [0.1, 0.15) is 55.9 Å². The van der Waals surface area contributed by atoms with Crippen LogP contribution in [0.2, 0.25) is 0 Å². The molecule has 1 aliphatic rings. The number of hydrogen-bond acceptors (Lipinski definition) is 2. The number of benzene rings is 7. The molecule has 1 aromatic heterocycles. The van der Waals surface area contributed by atoms with Crippen LogP contribution in [0, 0.1) is 6.92 Å². The molecule has 1 heterocycles. The van der Waals surface area contributed by atoms with E-state index in [0.717, 1.165) is 6.42 Å². The van der Waals surface area contributed by atoms with Gasteiger partial charge >= 0.3 is 0 Å². The van der Waals surface area contributed by atoms with Gasteiger partial charge in [0.2, 0.25) is 0 Å². The van der Waals surface area contributed by atoms with Crippen LogP contribution in [-0.2, 0) is 13.0 Å². The highest BCUT2D eigenvalue weighted by Gasteiger charge is 2.14. The van der Waals surface area contributed by atoms with E-state index in [1.165, 1.54) is 94.2 Å². The van der Waals surface area contributed by atoms with Gasteiger partial charge in [0.1, 0.15) is 0 Å². The standard InChI is InChI=1S/C32H24S.C13H13N.C7H10.C2H6/c1-22-26(25-19-17-24(18-20-25)21-23-9-3-2-4-10-23)12-7-13-27(22)29-14-8-15-30-28-11-5-6-16-31(28)33-32(29)30;14-10-11-5-4-8-13(9-11)12-6-2-1-3-7-12;1-7-5-3-2-4-6-7;1-2/h2-20H,21H2,1H3;1-9H,10,14H2;2-3,5H,4,6H2,1H3;1-2H3. The Kier molecular flexibility index (Phi) is 14.4. The molecule has 7 aromatic carbocycles. The van der Waals surface area contributed by atoms with E-state index in [1.54, 1.807) is 0 Å². The van der Waals surface area contributed by atoms with Crippen molar-refractivity contribution in [1.29, 1.82) is 0 Å². The Morgan fingerprint density at radius 1 is 0.518 bits per heavy atom. The molecule has 0 spiro atoms. The predicted octanol–water partition coefficient (Wildman–Crippen LogP) is 15.4. The van der Waals surface area contributed by atoms with Gasteiger partial charge in [0, 0.05) is 26.7 Å². The summed E-state index contributed by atoms with van der Waals surface area (Å²) in [6.45, 7) is 9.03. The van der Waals surface area contributed by atoms with Gasteiger partial charge in [-0.15, -0.1) is 11.3 Å². The van der Waals surface area contributed by atoms with Gasteiger partial charge in [0.15, 0.2) is 0 Å². The molecule has 0 amide bonds. The lowest BCUT2D eigenvalue weighted by atomic mass is 9.91. The van der Waals surface area contributed by atoms with Crippen molar-refractivity contribution in [2.24, 2.45) is 5.73 Å². The number of rotatable bonds is 6. The topological polar surface area (TPSA) is 26.0 Å². The summed E-state index contributed by atoms with van der Waals surface area (Å²) in [7, 11) is 0. The summed E-state index contributed by atoms with van der Waals surface area (Å²) in [5.74, 6) is 0. The Labute approximate surface area is 338 Å². The van der Waals surface area contributed by atoms with Crippen LogP contribution < -0.4 is 5.73 Å². The van der Waals surface area contributed by atoms with Gasteiger partial charge in [-0.25, -0.2) is 0 Å². The average Bonchev–Trinajstić information content (AvgIpc) is 3.66. The van der Waals surface area contributed by atoms with E-state index in [9.17, 15) is 0 Å². The third kappa shape index (κ3) is 10.1. The largest absolute Gasteiger partial charge is 0.326 e. The van der Waals surface area contributed by atoms with Gasteiger partial charge < -0.3 is 5.73 Å². The summed E-state index contributed by atoms with van der Waals surface area (Å²) < 4.78 is 2.72. The maximum absolute atomic E-state index is 5.60. The summed E-state index contributed by atoms with van der Waals surface area (Å²) in [5.41, 5.74) is 20.0. The molecule has 1 aliphatic carbocycles. The van der Waals surface area contributed by atoms with Crippen LogP contribution >= 0.6 is 11.3 Å². The molecular formula is C54H53NS. The van der Waals surface area contributed by atoms with Crippen molar-refractivity contribution in [2.45, 2.75) is 53.5 Å². The van der Waals surface area contributed by atoms with Gasteiger partial charge in [-0.1, -0.05) is 195 Å². The Bertz CT molecular complexity index is 2500. The maximum Gasteiger partial charge on any atom is 0.0433 e. The number of nitrogens with two attached hydrogens (primary N) is 1. The SMILES string of the molecule is CC.CC1=CC=CCC1.Cc1c(-c2ccc(Cc3ccccc3)cc2)cccc1-c1cccc2c1sc1ccccc12.NCc1cccc(-c2ccccc2)c1. The van der Waals surface area contributed by atoms with Gasteiger partial charge in [-0.3, -0.25) is 0 Å². The second-order valence-electron chi connectivity index (χ2n) is 13.9. The second kappa shape index (κ2) is 20.2. The number of allylic oxidation sites excluding steroid dienone is 4. The van der Waals surface area contributed by atoms with E-state index in [0.29, 0.717) is 6.54 Å². The summed E-state index contributed by atoms with van der Waals surface area (Å²) in [4.78, 5) is 0. The molecule has 0 saturated heterocycles. The predicted molar refractivity (Wildman–Crippen MR) is 247 cm³/mol. The lowest BCUT2D eigenvalue weighted by Gasteiger charge is -2.13. The highest BCUT2D eigenvalue weighted by atomic mass is 32.1. The van der Waals surface area contributed by atoms with E-state index in [4.69, 9.17) is 5.73 Å². The second-order valence-corrected chi connectivity index (χ2v) is 14.9. The minimum absolute atomic E-state index is 0.598. The van der Waals surface area contributed by atoms with Crippen molar-refractivity contribution < 1.29 is 0 Å². The Hall–Kier alpha value is -5.80. The number of hydrogen-bond donors (Lipinski definition) is 1. The van der Waals surface area contributed by atoms with Crippen LogP contribution in [0.15, 0.2) is 194 Å². The fourth-order valence-corrected chi connectivity index (χ4v) is 8.29. The van der Waals surface area contributed by atoms with Crippen molar-refractivity contribution in [3.05, 3.63) is 216 Å². The van der Waals surface area contributed by atoms with Crippen molar-refractivity contribution in [1.82, 2.24) is 0 Å². The van der Waals surface area contributed by atoms with Crippen molar-refractivity contribution in [2.75, 3.05) is 0 Å². The third-order valence-corrected chi connectivity index (χ3v) is 11.3. The third-order valence-electron chi connectivity index (χ3n) is 10.0. The molecule has 56 heavy (non-hydrogen) atoms. The van der Waals surface area contributed by atoms with Gasteiger partial charge in [-0.05, 0) is 101 Å². The van der Waals surface area contributed by atoms with E-state index in [-0.39, 0.29) is 0 Å². The highest BCUT2D eigenvalue weighted by Crippen LogP contribution is 2.42. The summed E-state index contributed by atoms with van der Waals surface area (Å²) in [5, 5.41) is 2.70. The zero-order valence-electron chi connectivity index (χ0n) is 33.2. The first-order valence-electron chi connectivity index (χ1n) is 19.9. The summed E-state index contributed by atoms with van der Waals surface area (Å²) >= 11 is 1.90. The minimum Gasteiger partial charge on any atom is -0.326 e. The molecule has 280 valence electrons. The first kappa shape index (κ1) is 39.9. The Morgan fingerprint density at radius 2 is 1.11 bits per heavy atom. The number of thiophene rings is 1. The zero-order valence-corrected chi connectivity index (χ0v) is 34.0. The van der Waals surface area contributed by atoms with E-state index in [1.807, 2.05) is 55.5 Å². The lowest BCUT2D eigenvalue weighted by molar-refractivity contribution is 0.962. The Balaban J connectivity index is 0.000000189.